The number of nitrogens with two attached hydrogens (primary N) is 1. The fourth-order valence-electron chi connectivity index (χ4n) is 2.10. The standard InChI is InChI=1S/C11H14BrNO/c1-14-10-6-8(12)5-7-3-2-4-9(13)11(7)10/h5-6,9H,2-4,13H2,1H3/t9-/m0/s1. The van der Waals surface area contributed by atoms with Crippen LogP contribution in [0.4, 0.5) is 0 Å². The number of methoxy groups -OCH3 is 1. The number of ether oxygens (including phenoxy) is 1. The topological polar surface area (TPSA) is 35.2 Å². The number of aryl methyl sites for hydroxylation is 1. The van der Waals surface area contributed by atoms with Crippen molar-refractivity contribution in [2.24, 2.45) is 5.73 Å². The van der Waals surface area contributed by atoms with Crippen molar-refractivity contribution < 1.29 is 4.74 Å². The second-order valence-corrected chi connectivity index (χ2v) is 4.60. The zero-order valence-corrected chi connectivity index (χ0v) is 9.80. The van der Waals surface area contributed by atoms with Gasteiger partial charge in [0.1, 0.15) is 5.75 Å². The molecule has 0 saturated carbocycles. The third-order valence-electron chi connectivity index (χ3n) is 2.74. The van der Waals surface area contributed by atoms with Crippen LogP contribution in [0.1, 0.15) is 30.0 Å². The second-order valence-electron chi connectivity index (χ2n) is 3.68. The Hall–Kier alpha value is -0.540. The van der Waals surface area contributed by atoms with Crippen LogP contribution in [-0.2, 0) is 6.42 Å². The monoisotopic (exact) mass is 255 g/mol. The average molecular weight is 256 g/mol. The molecule has 0 aliphatic heterocycles. The Balaban J connectivity index is 2.55. The molecule has 0 amide bonds. The molecular formula is C11H14BrNO. The molecule has 1 aliphatic carbocycles. The molecule has 0 fully saturated rings. The van der Waals surface area contributed by atoms with E-state index in [-0.39, 0.29) is 6.04 Å². The highest BCUT2D eigenvalue weighted by molar-refractivity contribution is 9.10. The van der Waals surface area contributed by atoms with E-state index in [1.54, 1.807) is 7.11 Å². The van der Waals surface area contributed by atoms with Crippen molar-refractivity contribution in [3.8, 4) is 5.75 Å². The van der Waals surface area contributed by atoms with E-state index in [1.165, 1.54) is 17.5 Å². The summed E-state index contributed by atoms with van der Waals surface area (Å²) in [5.74, 6) is 0.918. The van der Waals surface area contributed by atoms with Gasteiger partial charge in [0.05, 0.1) is 7.11 Å². The summed E-state index contributed by atoms with van der Waals surface area (Å²) < 4.78 is 6.43. The Labute approximate surface area is 92.6 Å². The lowest BCUT2D eigenvalue weighted by atomic mass is 9.87. The molecule has 0 saturated heterocycles. The molecule has 0 spiro atoms. The molecule has 14 heavy (non-hydrogen) atoms. The van der Waals surface area contributed by atoms with Crippen LogP contribution < -0.4 is 10.5 Å². The summed E-state index contributed by atoms with van der Waals surface area (Å²) in [4.78, 5) is 0. The third-order valence-corrected chi connectivity index (χ3v) is 3.20. The maximum absolute atomic E-state index is 6.08. The number of rotatable bonds is 1. The fraction of sp³-hybridized carbons (Fsp3) is 0.455. The second kappa shape index (κ2) is 3.91. The van der Waals surface area contributed by atoms with Gasteiger partial charge in [0.25, 0.3) is 0 Å². The Morgan fingerprint density at radius 2 is 2.29 bits per heavy atom. The van der Waals surface area contributed by atoms with Gasteiger partial charge in [0.15, 0.2) is 0 Å². The maximum atomic E-state index is 6.08. The Morgan fingerprint density at radius 3 is 3.00 bits per heavy atom. The summed E-state index contributed by atoms with van der Waals surface area (Å²) in [5, 5.41) is 0. The molecule has 0 unspecified atom stereocenters. The van der Waals surface area contributed by atoms with Gasteiger partial charge in [-0.3, -0.25) is 0 Å². The number of fused-ring (bicyclic) bond motifs is 1. The van der Waals surface area contributed by atoms with Gasteiger partial charge in [-0.25, -0.2) is 0 Å². The van der Waals surface area contributed by atoms with Crippen LogP contribution >= 0.6 is 15.9 Å². The van der Waals surface area contributed by atoms with Crippen molar-refractivity contribution >= 4 is 15.9 Å². The van der Waals surface area contributed by atoms with Gasteiger partial charge >= 0.3 is 0 Å². The summed E-state index contributed by atoms with van der Waals surface area (Å²) in [6.07, 6.45) is 3.34. The van der Waals surface area contributed by atoms with Crippen molar-refractivity contribution in [2.75, 3.05) is 7.11 Å². The smallest absolute Gasteiger partial charge is 0.125 e. The summed E-state index contributed by atoms with van der Waals surface area (Å²) in [6, 6.07) is 4.28. The first-order chi connectivity index (χ1) is 6.72. The van der Waals surface area contributed by atoms with E-state index in [9.17, 15) is 0 Å². The van der Waals surface area contributed by atoms with Gasteiger partial charge in [0.2, 0.25) is 0 Å². The van der Waals surface area contributed by atoms with Gasteiger partial charge in [-0.15, -0.1) is 0 Å². The Kier molecular flexibility index (Phi) is 2.79. The van der Waals surface area contributed by atoms with Gasteiger partial charge in [-0.1, -0.05) is 15.9 Å². The molecular weight excluding hydrogens is 242 g/mol. The molecule has 0 radical (unpaired) electrons. The lowest BCUT2D eigenvalue weighted by Gasteiger charge is -2.24. The lowest BCUT2D eigenvalue weighted by Crippen LogP contribution is -2.18. The number of halogens is 1. The van der Waals surface area contributed by atoms with E-state index in [2.05, 4.69) is 22.0 Å². The number of hydrogen-bond acceptors (Lipinski definition) is 2. The van der Waals surface area contributed by atoms with Crippen LogP contribution in [0, 0.1) is 0 Å². The maximum Gasteiger partial charge on any atom is 0.125 e. The molecule has 1 aliphatic rings. The van der Waals surface area contributed by atoms with E-state index in [0.29, 0.717) is 0 Å². The molecule has 0 aromatic heterocycles. The predicted molar refractivity (Wildman–Crippen MR) is 60.6 cm³/mol. The minimum Gasteiger partial charge on any atom is -0.496 e. The quantitative estimate of drug-likeness (QED) is 0.838. The molecule has 1 atom stereocenters. The summed E-state index contributed by atoms with van der Waals surface area (Å²) in [6.45, 7) is 0. The van der Waals surface area contributed by atoms with Crippen LogP contribution in [0.5, 0.6) is 5.75 Å². The van der Waals surface area contributed by atoms with E-state index < -0.39 is 0 Å². The molecule has 2 N–H and O–H groups in total. The van der Waals surface area contributed by atoms with Gasteiger partial charge < -0.3 is 10.5 Å². The fourth-order valence-corrected chi connectivity index (χ4v) is 2.58. The molecule has 0 bridgehead atoms. The molecule has 1 aromatic carbocycles. The zero-order valence-electron chi connectivity index (χ0n) is 8.22. The zero-order chi connectivity index (χ0) is 10.1. The van der Waals surface area contributed by atoms with Crippen molar-refractivity contribution in [3.05, 3.63) is 27.7 Å². The molecule has 0 heterocycles. The Bertz CT molecular complexity index is 334. The lowest BCUT2D eigenvalue weighted by molar-refractivity contribution is 0.398. The molecule has 3 heteroatoms. The summed E-state index contributed by atoms with van der Waals surface area (Å²) >= 11 is 3.48. The van der Waals surface area contributed by atoms with Crippen LogP contribution in [0.25, 0.3) is 0 Å². The van der Waals surface area contributed by atoms with E-state index in [4.69, 9.17) is 10.5 Å². The summed E-state index contributed by atoms with van der Waals surface area (Å²) in [7, 11) is 1.70. The van der Waals surface area contributed by atoms with Gasteiger partial charge in [0, 0.05) is 16.1 Å². The highest BCUT2D eigenvalue weighted by Crippen LogP contribution is 2.37. The largest absolute Gasteiger partial charge is 0.496 e. The van der Waals surface area contributed by atoms with Crippen LogP contribution in [0.2, 0.25) is 0 Å². The highest BCUT2D eigenvalue weighted by atomic mass is 79.9. The highest BCUT2D eigenvalue weighted by Gasteiger charge is 2.21. The normalized spacial score (nSPS) is 20.4. The van der Waals surface area contributed by atoms with Crippen LogP contribution in [-0.4, -0.2) is 7.11 Å². The SMILES string of the molecule is COc1cc(Br)cc2c1[C@@H](N)CCC2. The van der Waals surface area contributed by atoms with Crippen molar-refractivity contribution in [2.45, 2.75) is 25.3 Å². The summed E-state index contributed by atoms with van der Waals surface area (Å²) in [5.41, 5.74) is 8.60. The number of hydrogen-bond donors (Lipinski definition) is 1. The number of benzene rings is 1. The van der Waals surface area contributed by atoms with E-state index in [0.717, 1.165) is 23.1 Å². The van der Waals surface area contributed by atoms with Gasteiger partial charge in [-0.2, -0.15) is 0 Å². The van der Waals surface area contributed by atoms with Crippen molar-refractivity contribution in [1.29, 1.82) is 0 Å². The van der Waals surface area contributed by atoms with Gasteiger partial charge in [-0.05, 0) is 37.0 Å². The molecule has 2 rings (SSSR count). The molecule has 76 valence electrons. The van der Waals surface area contributed by atoms with E-state index in [1.807, 2.05) is 6.07 Å². The minimum atomic E-state index is 0.141. The molecule has 2 nitrogen and oxygen atoms in total. The molecule has 1 aromatic rings. The third kappa shape index (κ3) is 1.66. The first-order valence-corrected chi connectivity index (χ1v) is 5.63. The van der Waals surface area contributed by atoms with Crippen molar-refractivity contribution in [3.63, 3.8) is 0 Å². The average Bonchev–Trinajstić information content (AvgIpc) is 2.16. The minimum absolute atomic E-state index is 0.141. The van der Waals surface area contributed by atoms with Crippen LogP contribution in [0.3, 0.4) is 0 Å². The predicted octanol–water partition coefficient (Wildman–Crippen LogP) is 2.79. The first kappa shape index (κ1) is 9.99. The van der Waals surface area contributed by atoms with Crippen molar-refractivity contribution in [1.82, 2.24) is 0 Å². The van der Waals surface area contributed by atoms with E-state index >= 15 is 0 Å². The first-order valence-electron chi connectivity index (χ1n) is 4.84. The van der Waals surface area contributed by atoms with Crippen LogP contribution in [0.15, 0.2) is 16.6 Å². The Morgan fingerprint density at radius 1 is 1.50 bits per heavy atom.